The van der Waals surface area contributed by atoms with Crippen molar-refractivity contribution in [3.63, 3.8) is 0 Å². The van der Waals surface area contributed by atoms with Crippen LogP contribution in [0.2, 0.25) is 0 Å². The van der Waals surface area contributed by atoms with Crippen LogP contribution >= 0.6 is 0 Å². The van der Waals surface area contributed by atoms with Crippen LogP contribution < -0.4 is 0 Å². The zero-order valence-electron chi connectivity index (χ0n) is 8.28. The van der Waals surface area contributed by atoms with Crippen LogP contribution in [0.4, 0.5) is 0 Å². The summed E-state index contributed by atoms with van der Waals surface area (Å²) in [6.45, 7) is 12.6. The molecule has 0 bridgehead atoms. The molecule has 0 saturated heterocycles. The Kier molecular flexibility index (Phi) is 4.17. The minimum Gasteiger partial charge on any atom is -0.0961 e. The van der Waals surface area contributed by atoms with Gasteiger partial charge in [-0.2, -0.15) is 0 Å². The molecular weight excluding hydrogens is 132 g/mol. The van der Waals surface area contributed by atoms with Crippen LogP contribution in [0.25, 0.3) is 0 Å². The molecule has 11 heavy (non-hydrogen) atoms. The van der Waals surface area contributed by atoms with E-state index in [1.165, 1.54) is 6.42 Å². The van der Waals surface area contributed by atoms with Crippen molar-refractivity contribution in [2.75, 3.05) is 0 Å². The summed E-state index contributed by atoms with van der Waals surface area (Å²) in [5, 5.41) is 0. The molecule has 0 amide bonds. The molecule has 0 N–H and O–H groups in total. The Bertz CT molecular complexity index is 144. The number of allylic oxidation sites excluding steroid dienone is 3. The first kappa shape index (κ1) is 10.5. The number of rotatable bonds is 3. The molecule has 0 aliphatic carbocycles. The average molecular weight is 152 g/mol. The summed E-state index contributed by atoms with van der Waals surface area (Å²) in [6.07, 6.45) is 6.70. The Morgan fingerprint density at radius 1 is 1.36 bits per heavy atom. The van der Waals surface area contributed by atoms with Gasteiger partial charge in [0.15, 0.2) is 0 Å². The molecule has 0 unspecified atom stereocenters. The van der Waals surface area contributed by atoms with Crippen LogP contribution in [-0.2, 0) is 0 Å². The number of hydrogen-bond acceptors (Lipinski definition) is 0. The largest absolute Gasteiger partial charge is 0.0961 e. The van der Waals surface area contributed by atoms with Crippen molar-refractivity contribution in [2.24, 2.45) is 5.41 Å². The molecule has 64 valence electrons. The van der Waals surface area contributed by atoms with Gasteiger partial charge in [0.1, 0.15) is 0 Å². The summed E-state index contributed by atoms with van der Waals surface area (Å²) in [6, 6.07) is 0. The van der Waals surface area contributed by atoms with E-state index in [1.54, 1.807) is 0 Å². The third kappa shape index (κ3) is 9.48. The maximum atomic E-state index is 3.80. The van der Waals surface area contributed by atoms with Gasteiger partial charge in [-0.3, -0.25) is 0 Å². The predicted octanol–water partition coefficient (Wildman–Crippen LogP) is 3.95. The highest BCUT2D eigenvalue weighted by Crippen LogP contribution is 2.20. The van der Waals surface area contributed by atoms with Crippen molar-refractivity contribution in [2.45, 2.75) is 40.5 Å². The molecule has 0 nitrogen and oxygen atoms in total. The average Bonchev–Trinajstić information content (AvgIpc) is 1.78. The second kappa shape index (κ2) is 4.38. The van der Waals surface area contributed by atoms with Crippen molar-refractivity contribution < 1.29 is 0 Å². The van der Waals surface area contributed by atoms with Crippen molar-refractivity contribution in [3.8, 4) is 0 Å². The van der Waals surface area contributed by atoms with Crippen LogP contribution in [-0.4, -0.2) is 0 Å². The molecule has 0 heterocycles. The molecule has 0 aliphatic rings. The van der Waals surface area contributed by atoms with E-state index in [4.69, 9.17) is 0 Å². The van der Waals surface area contributed by atoms with E-state index in [-0.39, 0.29) is 0 Å². The van der Waals surface area contributed by atoms with Crippen molar-refractivity contribution in [3.05, 3.63) is 24.3 Å². The fraction of sp³-hybridized carbons (Fsp3) is 0.636. The molecular formula is C11H20. The van der Waals surface area contributed by atoms with Gasteiger partial charge in [-0.25, -0.2) is 0 Å². The zero-order chi connectivity index (χ0) is 8.91. The third-order valence-corrected chi connectivity index (χ3v) is 1.46. The van der Waals surface area contributed by atoms with Gasteiger partial charge in [-0.05, 0) is 25.2 Å². The highest BCUT2D eigenvalue weighted by molar-refractivity contribution is 5.10. The van der Waals surface area contributed by atoms with Gasteiger partial charge in [0, 0.05) is 0 Å². The first-order valence-electron chi connectivity index (χ1n) is 4.24. The second-order valence-electron chi connectivity index (χ2n) is 4.35. The van der Waals surface area contributed by atoms with Crippen molar-refractivity contribution in [1.82, 2.24) is 0 Å². The summed E-state index contributed by atoms with van der Waals surface area (Å²) >= 11 is 0. The summed E-state index contributed by atoms with van der Waals surface area (Å²) in [5.74, 6) is 0. The van der Waals surface area contributed by atoms with Gasteiger partial charge < -0.3 is 0 Å². The topological polar surface area (TPSA) is 0 Å². The molecule has 0 heteroatoms. The lowest BCUT2D eigenvalue weighted by atomic mass is 9.90. The standard InChI is InChI=1S/C11H20/c1-10(2)8-6-7-9-11(3,4)5/h6,8H,1,7,9H2,2-5H3/b8-6+. The SMILES string of the molecule is C=C(C)/C=C/CCC(C)(C)C. The van der Waals surface area contributed by atoms with E-state index < -0.39 is 0 Å². The van der Waals surface area contributed by atoms with Crippen molar-refractivity contribution in [1.29, 1.82) is 0 Å². The molecule has 0 radical (unpaired) electrons. The molecule has 0 saturated carbocycles. The highest BCUT2D eigenvalue weighted by atomic mass is 14.1. The van der Waals surface area contributed by atoms with E-state index in [9.17, 15) is 0 Å². The smallest absolute Gasteiger partial charge is 0.0343 e. The monoisotopic (exact) mass is 152 g/mol. The zero-order valence-corrected chi connectivity index (χ0v) is 8.28. The Hall–Kier alpha value is -0.520. The maximum Gasteiger partial charge on any atom is -0.0343 e. The van der Waals surface area contributed by atoms with Crippen LogP contribution in [0.3, 0.4) is 0 Å². The molecule has 0 spiro atoms. The van der Waals surface area contributed by atoms with E-state index in [1.807, 2.05) is 6.92 Å². The van der Waals surface area contributed by atoms with Gasteiger partial charge in [0.05, 0.1) is 0 Å². The minimum absolute atomic E-state index is 0.458. The van der Waals surface area contributed by atoms with Gasteiger partial charge in [-0.1, -0.05) is 45.1 Å². The van der Waals surface area contributed by atoms with Crippen molar-refractivity contribution >= 4 is 0 Å². The minimum atomic E-state index is 0.458. The quantitative estimate of drug-likeness (QED) is 0.537. The van der Waals surface area contributed by atoms with Crippen LogP contribution in [0.15, 0.2) is 24.3 Å². The van der Waals surface area contributed by atoms with E-state index in [0.717, 1.165) is 12.0 Å². The fourth-order valence-corrected chi connectivity index (χ4v) is 0.801. The Balaban J connectivity index is 3.50. The van der Waals surface area contributed by atoms with E-state index in [2.05, 4.69) is 39.5 Å². The Morgan fingerprint density at radius 2 is 1.91 bits per heavy atom. The lowest BCUT2D eigenvalue weighted by Gasteiger charge is -2.15. The first-order valence-corrected chi connectivity index (χ1v) is 4.24. The summed E-state index contributed by atoms with van der Waals surface area (Å²) < 4.78 is 0. The molecule has 0 aliphatic heterocycles. The second-order valence-corrected chi connectivity index (χ2v) is 4.35. The summed E-state index contributed by atoms with van der Waals surface area (Å²) in [4.78, 5) is 0. The van der Waals surface area contributed by atoms with Crippen LogP contribution in [0.5, 0.6) is 0 Å². The molecule has 0 rings (SSSR count). The molecule has 0 aromatic carbocycles. The Labute approximate surface area is 71.0 Å². The molecule has 0 aromatic rings. The highest BCUT2D eigenvalue weighted by Gasteiger charge is 2.07. The van der Waals surface area contributed by atoms with E-state index >= 15 is 0 Å². The predicted molar refractivity (Wildman–Crippen MR) is 52.6 cm³/mol. The lowest BCUT2D eigenvalue weighted by molar-refractivity contribution is 0.381. The van der Waals surface area contributed by atoms with Crippen LogP contribution in [0.1, 0.15) is 40.5 Å². The molecule has 0 atom stereocenters. The first-order chi connectivity index (χ1) is 4.92. The van der Waals surface area contributed by atoms with Crippen LogP contribution in [0, 0.1) is 5.41 Å². The third-order valence-electron chi connectivity index (χ3n) is 1.46. The Morgan fingerprint density at radius 3 is 2.27 bits per heavy atom. The summed E-state index contributed by atoms with van der Waals surface area (Å²) in [5.41, 5.74) is 1.60. The number of hydrogen-bond donors (Lipinski definition) is 0. The van der Waals surface area contributed by atoms with Gasteiger partial charge >= 0.3 is 0 Å². The van der Waals surface area contributed by atoms with Gasteiger partial charge in [0.2, 0.25) is 0 Å². The normalized spacial score (nSPS) is 12.4. The van der Waals surface area contributed by atoms with E-state index in [0.29, 0.717) is 5.41 Å². The molecule has 0 fully saturated rings. The lowest BCUT2D eigenvalue weighted by Crippen LogP contribution is -2.02. The maximum absolute atomic E-state index is 3.80. The van der Waals surface area contributed by atoms with Gasteiger partial charge in [0.25, 0.3) is 0 Å². The fourth-order valence-electron chi connectivity index (χ4n) is 0.801. The molecule has 0 aromatic heterocycles. The van der Waals surface area contributed by atoms with Gasteiger partial charge in [-0.15, -0.1) is 0 Å². The summed E-state index contributed by atoms with van der Waals surface area (Å²) in [7, 11) is 0.